The number of aromatic hydroxyl groups is 1. The topological polar surface area (TPSA) is 60.2 Å². The SMILES string of the molecule is COCCn1c(-c2cccc(O)c2)nc2cccnc21. The molecule has 3 aromatic rings. The minimum atomic E-state index is 0.223. The molecule has 2 aromatic heterocycles. The molecule has 0 unspecified atom stereocenters. The summed E-state index contributed by atoms with van der Waals surface area (Å²) >= 11 is 0. The van der Waals surface area contributed by atoms with Crippen molar-refractivity contribution >= 4 is 11.2 Å². The second-order valence-corrected chi connectivity index (χ2v) is 4.48. The summed E-state index contributed by atoms with van der Waals surface area (Å²) in [4.78, 5) is 9.00. The fourth-order valence-electron chi connectivity index (χ4n) is 2.22. The summed E-state index contributed by atoms with van der Waals surface area (Å²) in [7, 11) is 1.67. The fourth-order valence-corrected chi connectivity index (χ4v) is 2.22. The fraction of sp³-hybridized carbons (Fsp3) is 0.200. The maximum Gasteiger partial charge on any atom is 0.160 e. The van der Waals surface area contributed by atoms with E-state index in [4.69, 9.17) is 4.74 Å². The lowest BCUT2D eigenvalue weighted by molar-refractivity contribution is 0.188. The van der Waals surface area contributed by atoms with Crippen LogP contribution in [0.3, 0.4) is 0 Å². The summed E-state index contributed by atoms with van der Waals surface area (Å²) in [6.45, 7) is 1.24. The zero-order valence-electron chi connectivity index (χ0n) is 11.2. The molecule has 20 heavy (non-hydrogen) atoms. The van der Waals surface area contributed by atoms with Crippen molar-refractivity contribution in [2.45, 2.75) is 6.54 Å². The van der Waals surface area contributed by atoms with Crippen molar-refractivity contribution in [3.05, 3.63) is 42.6 Å². The summed E-state index contributed by atoms with van der Waals surface area (Å²) < 4.78 is 7.16. The molecule has 0 radical (unpaired) electrons. The molecule has 0 saturated heterocycles. The number of aromatic nitrogens is 3. The van der Waals surface area contributed by atoms with Gasteiger partial charge in [0.1, 0.15) is 17.1 Å². The van der Waals surface area contributed by atoms with Gasteiger partial charge in [-0.1, -0.05) is 12.1 Å². The molecule has 2 heterocycles. The van der Waals surface area contributed by atoms with Crippen LogP contribution in [-0.2, 0) is 11.3 Å². The zero-order chi connectivity index (χ0) is 13.9. The van der Waals surface area contributed by atoms with E-state index in [9.17, 15) is 5.11 Å². The van der Waals surface area contributed by atoms with Gasteiger partial charge in [-0.15, -0.1) is 0 Å². The van der Waals surface area contributed by atoms with Crippen LogP contribution in [0, 0.1) is 0 Å². The second kappa shape index (κ2) is 5.30. The highest BCUT2D eigenvalue weighted by Crippen LogP contribution is 2.25. The van der Waals surface area contributed by atoms with E-state index in [1.54, 1.807) is 31.5 Å². The van der Waals surface area contributed by atoms with Gasteiger partial charge in [0.2, 0.25) is 0 Å². The maximum atomic E-state index is 9.64. The first-order valence-corrected chi connectivity index (χ1v) is 6.39. The van der Waals surface area contributed by atoms with Crippen molar-refractivity contribution in [1.29, 1.82) is 0 Å². The van der Waals surface area contributed by atoms with Crippen molar-refractivity contribution in [3.8, 4) is 17.1 Å². The van der Waals surface area contributed by atoms with E-state index in [-0.39, 0.29) is 5.75 Å². The minimum Gasteiger partial charge on any atom is -0.508 e. The first kappa shape index (κ1) is 12.6. The molecule has 0 saturated carbocycles. The third-order valence-electron chi connectivity index (χ3n) is 3.13. The molecule has 102 valence electrons. The van der Waals surface area contributed by atoms with Gasteiger partial charge in [0.05, 0.1) is 6.61 Å². The Bertz CT molecular complexity index is 737. The molecular weight excluding hydrogens is 254 g/mol. The van der Waals surface area contributed by atoms with Gasteiger partial charge in [-0.2, -0.15) is 0 Å². The maximum absolute atomic E-state index is 9.64. The lowest BCUT2D eigenvalue weighted by Gasteiger charge is -2.08. The van der Waals surface area contributed by atoms with Gasteiger partial charge >= 0.3 is 0 Å². The zero-order valence-corrected chi connectivity index (χ0v) is 11.2. The van der Waals surface area contributed by atoms with Gasteiger partial charge in [-0.3, -0.25) is 0 Å². The number of hydrogen-bond donors (Lipinski definition) is 1. The normalized spacial score (nSPS) is 11.1. The molecule has 1 aromatic carbocycles. The Morgan fingerprint density at radius 1 is 1.25 bits per heavy atom. The summed E-state index contributed by atoms with van der Waals surface area (Å²) in [5.74, 6) is 1.01. The molecule has 0 atom stereocenters. The summed E-state index contributed by atoms with van der Waals surface area (Å²) in [6.07, 6.45) is 1.75. The van der Waals surface area contributed by atoms with E-state index >= 15 is 0 Å². The molecule has 0 spiro atoms. The average molecular weight is 269 g/mol. The van der Waals surface area contributed by atoms with Gasteiger partial charge in [0, 0.05) is 25.4 Å². The smallest absolute Gasteiger partial charge is 0.160 e. The Morgan fingerprint density at radius 3 is 2.95 bits per heavy atom. The number of fused-ring (bicyclic) bond motifs is 1. The molecule has 0 bridgehead atoms. The van der Waals surface area contributed by atoms with Crippen molar-refractivity contribution in [2.24, 2.45) is 0 Å². The highest BCUT2D eigenvalue weighted by molar-refractivity contribution is 5.77. The van der Waals surface area contributed by atoms with E-state index in [0.29, 0.717) is 13.2 Å². The second-order valence-electron chi connectivity index (χ2n) is 4.48. The highest BCUT2D eigenvalue weighted by atomic mass is 16.5. The first-order chi connectivity index (χ1) is 9.79. The lowest BCUT2D eigenvalue weighted by atomic mass is 10.2. The third kappa shape index (κ3) is 2.23. The van der Waals surface area contributed by atoms with E-state index in [0.717, 1.165) is 22.6 Å². The number of phenolic OH excluding ortho intramolecular Hbond substituents is 1. The number of benzene rings is 1. The van der Waals surface area contributed by atoms with Crippen LogP contribution in [0.1, 0.15) is 0 Å². The van der Waals surface area contributed by atoms with Crippen LogP contribution in [0.2, 0.25) is 0 Å². The number of hydrogen-bond acceptors (Lipinski definition) is 4. The van der Waals surface area contributed by atoms with E-state index < -0.39 is 0 Å². The van der Waals surface area contributed by atoms with Gasteiger partial charge in [-0.05, 0) is 24.3 Å². The number of methoxy groups -OCH3 is 1. The molecule has 0 amide bonds. The van der Waals surface area contributed by atoms with Crippen LogP contribution < -0.4 is 0 Å². The van der Waals surface area contributed by atoms with Crippen LogP contribution >= 0.6 is 0 Å². The Balaban J connectivity index is 2.18. The van der Waals surface area contributed by atoms with Crippen molar-refractivity contribution in [1.82, 2.24) is 14.5 Å². The quantitative estimate of drug-likeness (QED) is 0.790. The molecule has 0 aliphatic carbocycles. The van der Waals surface area contributed by atoms with Gasteiger partial charge in [-0.25, -0.2) is 9.97 Å². The number of ether oxygens (including phenoxy) is 1. The number of nitrogens with zero attached hydrogens (tertiary/aromatic N) is 3. The molecule has 0 aliphatic heterocycles. The average Bonchev–Trinajstić information content (AvgIpc) is 2.84. The van der Waals surface area contributed by atoms with E-state index in [1.807, 2.05) is 22.8 Å². The number of pyridine rings is 1. The van der Waals surface area contributed by atoms with Crippen LogP contribution in [0.5, 0.6) is 5.75 Å². The minimum absolute atomic E-state index is 0.223. The van der Waals surface area contributed by atoms with Crippen molar-refractivity contribution in [2.75, 3.05) is 13.7 Å². The molecule has 5 nitrogen and oxygen atoms in total. The summed E-state index contributed by atoms with van der Waals surface area (Å²) in [5.41, 5.74) is 2.52. The van der Waals surface area contributed by atoms with Crippen molar-refractivity contribution in [3.63, 3.8) is 0 Å². The molecule has 0 aliphatic rings. The largest absolute Gasteiger partial charge is 0.508 e. The molecule has 1 N–H and O–H groups in total. The molecule has 0 fully saturated rings. The standard InChI is InChI=1S/C15H15N3O2/c1-20-9-8-18-14(11-4-2-5-12(19)10-11)17-13-6-3-7-16-15(13)18/h2-7,10,19H,8-9H2,1H3. The lowest BCUT2D eigenvalue weighted by Crippen LogP contribution is -2.06. The van der Waals surface area contributed by atoms with Gasteiger partial charge < -0.3 is 14.4 Å². The predicted molar refractivity (Wildman–Crippen MR) is 76.5 cm³/mol. The third-order valence-corrected chi connectivity index (χ3v) is 3.13. The van der Waals surface area contributed by atoms with Crippen LogP contribution in [0.25, 0.3) is 22.6 Å². The Kier molecular flexibility index (Phi) is 3.35. The van der Waals surface area contributed by atoms with Crippen molar-refractivity contribution < 1.29 is 9.84 Å². The Morgan fingerprint density at radius 2 is 2.15 bits per heavy atom. The summed E-state index contributed by atoms with van der Waals surface area (Å²) in [5, 5.41) is 9.64. The molecular formula is C15H15N3O2. The number of imidazole rings is 1. The van der Waals surface area contributed by atoms with Gasteiger partial charge in [0.15, 0.2) is 5.65 Å². The Labute approximate surface area is 116 Å². The highest BCUT2D eigenvalue weighted by Gasteiger charge is 2.13. The molecule has 3 rings (SSSR count). The van der Waals surface area contributed by atoms with Crippen LogP contribution in [0.15, 0.2) is 42.6 Å². The van der Waals surface area contributed by atoms with Crippen LogP contribution in [0.4, 0.5) is 0 Å². The number of phenols is 1. The van der Waals surface area contributed by atoms with E-state index in [1.165, 1.54) is 0 Å². The van der Waals surface area contributed by atoms with Crippen LogP contribution in [-0.4, -0.2) is 33.4 Å². The first-order valence-electron chi connectivity index (χ1n) is 6.39. The predicted octanol–water partition coefficient (Wildman–Crippen LogP) is 2.45. The monoisotopic (exact) mass is 269 g/mol. The summed E-state index contributed by atoms with van der Waals surface area (Å²) in [6, 6.07) is 10.9. The van der Waals surface area contributed by atoms with E-state index in [2.05, 4.69) is 9.97 Å². The number of rotatable bonds is 4. The van der Waals surface area contributed by atoms with Gasteiger partial charge in [0.25, 0.3) is 0 Å². The Hall–Kier alpha value is -2.40. The molecule has 5 heteroatoms.